The van der Waals surface area contributed by atoms with Crippen LogP contribution in [-0.4, -0.2) is 36.8 Å². The van der Waals surface area contributed by atoms with Gasteiger partial charge in [-0.15, -0.1) is 6.58 Å². The van der Waals surface area contributed by atoms with Gasteiger partial charge in [-0.1, -0.05) is 48.9 Å². The number of fused-ring (bicyclic) bond motifs is 5. The highest BCUT2D eigenvalue weighted by Crippen LogP contribution is 2.67. The lowest BCUT2D eigenvalue weighted by molar-refractivity contribution is -0.178. The highest BCUT2D eigenvalue weighted by atomic mass is 16.7. The summed E-state index contributed by atoms with van der Waals surface area (Å²) in [4.78, 5) is 0. The van der Waals surface area contributed by atoms with Crippen LogP contribution in [0.1, 0.15) is 56.9 Å². The lowest BCUT2D eigenvalue weighted by atomic mass is 9.46. The second-order valence-corrected chi connectivity index (χ2v) is 11.5. The van der Waals surface area contributed by atoms with Gasteiger partial charge in [-0.05, 0) is 73.0 Å². The van der Waals surface area contributed by atoms with E-state index in [-0.39, 0.29) is 11.2 Å². The minimum atomic E-state index is -0.832. The van der Waals surface area contributed by atoms with Crippen LogP contribution in [0.3, 0.4) is 0 Å². The molecular formula is C30H38O4. The largest absolute Gasteiger partial charge is 0.497 e. The molecule has 182 valence electrons. The van der Waals surface area contributed by atoms with Gasteiger partial charge in [0.25, 0.3) is 0 Å². The lowest BCUT2D eigenvalue weighted by Crippen LogP contribution is -2.55. The Morgan fingerprint density at radius 2 is 1.94 bits per heavy atom. The minimum absolute atomic E-state index is 0.203. The predicted molar refractivity (Wildman–Crippen MR) is 133 cm³/mol. The van der Waals surface area contributed by atoms with Crippen molar-refractivity contribution in [1.82, 2.24) is 0 Å². The topological polar surface area (TPSA) is 47.9 Å². The maximum atomic E-state index is 11.8. The first-order chi connectivity index (χ1) is 16.4. The van der Waals surface area contributed by atoms with Gasteiger partial charge >= 0.3 is 0 Å². The van der Waals surface area contributed by atoms with Crippen molar-refractivity contribution < 1.29 is 19.3 Å². The summed E-state index contributed by atoms with van der Waals surface area (Å²) in [7, 11) is 1.72. The monoisotopic (exact) mass is 462 g/mol. The third-order valence-electron chi connectivity index (χ3n) is 10.1. The van der Waals surface area contributed by atoms with Crippen LogP contribution in [0.4, 0.5) is 0 Å². The molecule has 1 spiro atoms. The molecule has 1 N–H and O–H groups in total. The number of benzene rings is 1. The molecular weight excluding hydrogens is 424 g/mol. The second kappa shape index (κ2) is 8.08. The maximum absolute atomic E-state index is 11.8. The summed E-state index contributed by atoms with van der Waals surface area (Å²) in [5.41, 5.74) is 1.88. The van der Waals surface area contributed by atoms with E-state index in [9.17, 15) is 5.11 Å². The fraction of sp³-hybridized carbons (Fsp3) is 0.600. The molecule has 0 aromatic heterocycles. The van der Waals surface area contributed by atoms with Crippen molar-refractivity contribution in [1.29, 1.82) is 0 Å². The first-order valence-corrected chi connectivity index (χ1v) is 13.1. The standard InChI is InChI=1S/C30H38O4/c1-4-13-29(31)14-12-26-24-10-7-21-18-30(33-16-17-34-30)15-11-23(21)27(24)25(19-28(26,29)2)20-5-8-22(32-3)9-6-20/h4-9,12,14,23-27,31H,1,10-11,13,15-19H2,2-3H3/t23-,24-,25+,26-,27+,28-,29-/m0/s1. The van der Waals surface area contributed by atoms with E-state index in [2.05, 4.69) is 56.0 Å². The summed E-state index contributed by atoms with van der Waals surface area (Å²) >= 11 is 0. The minimum Gasteiger partial charge on any atom is -0.497 e. The van der Waals surface area contributed by atoms with Gasteiger partial charge in [-0.3, -0.25) is 0 Å². The van der Waals surface area contributed by atoms with Gasteiger partial charge in [-0.25, -0.2) is 0 Å². The summed E-state index contributed by atoms with van der Waals surface area (Å²) in [6.45, 7) is 7.71. The van der Waals surface area contributed by atoms with Gasteiger partial charge in [0.1, 0.15) is 5.75 Å². The molecule has 0 amide bonds. The number of ether oxygens (including phenoxy) is 3. The summed E-state index contributed by atoms with van der Waals surface area (Å²) < 4.78 is 17.7. The average molecular weight is 463 g/mol. The van der Waals surface area contributed by atoms with Crippen LogP contribution >= 0.6 is 0 Å². The maximum Gasteiger partial charge on any atom is 0.172 e. The quantitative estimate of drug-likeness (QED) is 0.576. The predicted octanol–water partition coefficient (Wildman–Crippen LogP) is 5.79. The Labute approximate surface area is 203 Å². The summed E-state index contributed by atoms with van der Waals surface area (Å²) in [6, 6.07) is 8.70. The van der Waals surface area contributed by atoms with E-state index in [1.807, 2.05) is 6.08 Å². The van der Waals surface area contributed by atoms with Crippen LogP contribution in [0.25, 0.3) is 0 Å². The molecule has 4 heteroatoms. The van der Waals surface area contributed by atoms with Crippen molar-refractivity contribution >= 4 is 0 Å². The molecule has 0 bridgehead atoms. The lowest BCUT2D eigenvalue weighted by Gasteiger charge is -2.59. The first-order valence-electron chi connectivity index (χ1n) is 13.1. The van der Waals surface area contributed by atoms with Crippen LogP contribution in [0.5, 0.6) is 5.75 Å². The Hall–Kier alpha value is -1.88. The average Bonchev–Trinajstić information content (AvgIpc) is 3.40. The fourth-order valence-electron chi connectivity index (χ4n) is 8.39. The van der Waals surface area contributed by atoms with Crippen molar-refractivity contribution in [3.05, 3.63) is 66.3 Å². The molecule has 5 aliphatic rings. The number of allylic oxidation sites excluding steroid dienone is 2. The molecule has 1 heterocycles. The summed E-state index contributed by atoms with van der Waals surface area (Å²) in [5, 5.41) is 11.8. The van der Waals surface area contributed by atoms with Crippen molar-refractivity contribution in [3.8, 4) is 5.75 Å². The van der Waals surface area contributed by atoms with Crippen LogP contribution in [0, 0.1) is 29.1 Å². The molecule has 0 unspecified atom stereocenters. The number of hydrogen-bond acceptors (Lipinski definition) is 4. The molecule has 1 aliphatic heterocycles. The molecule has 1 aromatic rings. The smallest absolute Gasteiger partial charge is 0.172 e. The number of rotatable bonds is 4. The van der Waals surface area contributed by atoms with E-state index < -0.39 is 5.60 Å². The number of aliphatic hydroxyl groups is 1. The zero-order valence-corrected chi connectivity index (χ0v) is 20.5. The molecule has 1 saturated heterocycles. The van der Waals surface area contributed by atoms with E-state index in [1.54, 1.807) is 12.7 Å². The summed E-state index contributed by atoms with van der Waals surface area (Å²) in [6.07, 6.45) is 14.5. The zero-order valence-electron chi connectivity index (χ0n) is 20.5. The molecule has 4 nitrogen and oxygen atoms in total. The second-order valence-electron chi connectivity index (χ2n) is 11.5. The number of methoxy groups -OCH3 is 1. The third-order valence-corrected chi connectivity index (χ3v) is 10.1. The van der Waals surface area contributed by atoms with Crippen molar-refractivity contribution in [2.24, 2.45) is 29.1 Å². The van der Waals surface area contributed by atoms with Gasteiger partial charge in [0.15, 0.2) is 5.79 Å². The van der Waals surface area contributed by atoms with Crippen LogP contribution in [0.2, 0.25) is 0 Å². The highest BCUT2D eigenvalue weighted by molar-refractivity contribution is 5.36. The van der Waals surface area contributed by atoms with Crippen LogP contribution in [-0.2, 0) is 9.47 Å². The Bertz CT molecular complexity index is 1000. The molecule has 4 aliphatic carbocycles. The fourth-order valence-corrected chi connectivity index (χ4v) is 8.39. The van der Waals surface area contributed by atoms with Crippen molar-refractivity contribution in [2.75, 3.05) is 20.3 Å². The molecule has 6 rings (SSSR count). The van der Waals surface area contributed by atoms with E-state index in [4.69, 9.17) is 14.2 Å². The summed E-state index contributed by atoms with van der Waals surface area (Å²) in [5.74, 6) is 2.91. The number of hydrogen-bond donors (Lipinski definition) is 1. The molecule has 0 radical (unpaired) electrons. The molecule has 34 heavy (non-hydrogen) atoms. The molecule has 7 atom stereocenters. The van der Waals surface area contributed by atoms with E-state index in [0.717, 1.165) is 37.9 Å². The third kappa shape index (κ3) is 3.22. The van der Waals surface area contributed by atoms with Gasteiger partial charge in [0.2, 0.25) is 0 Å². The highest BCUT2D eigenvalue weighted by Gasteiger charge is 2.62. The Morgan fingerprint density at radius 3 is 2.65 bits per heavy atom. The Morgan fingerprint density at radius 1 is 1.18 bits per heavy atom. The molecule has 3 fully saturated rings. The van der Waals surface area contributed by atoms with E-state index >= 15 is 0 Å². The van der Waals surface area contributed by atoms with E-state index in [0.29, 0.717) is 49.2 Å². The molecule has 1 aromatic carbocycles. The van der Waals surface area contributed by atoms with Crippen LogP contribution in [0.15, 0.2) is 60.7 Å². The van der Waals surface area contributed by atoms with Gasteiger partial charge in [0, 0.05) is 18.3 Å². The normalized spacial score (nSPS) is 42.0. The Balaban J connectivity index is 1.41. The molecule has 2 saturated carbocycles. The Kier molecular flexibility index (Phi) is 5.36. The van der Waals surface area contributed by atoms with Crippen molar-refractivity contribution in [3.63, 3.8) is 0 Å². The van der Waals surface area contributed by atoms with Gasteiger partial charge in [0.05, 0.1) is 25.9 Å². The van der Waals surface area contributed by atoms with Crippen molar-refractivity contribution in [2.45, 2.75) is 62.8 Å². The van der Waals surface area contributed by atoms with E-state index in [1.165, 1.54) is 5.56 Å². The van der Waals surface area contributed by atoms with Crippen LogP contribution < -0.4 is 4.74 Å². The van der Waals surface area contributed by atoms with Gasteiger partial charge < -0.3 is 19.3 Å². The zero-order chi connectivity index (χ0) is 23.6. The first kappa shape index (κ1) is 22.6. The van der Waals surface area contributed by atoms with Gasteiger partial charge in [-0.2, -0.15) is 0 Å². The SMILES string of the molecule is C=CC[C@]1(O)C=C[C@H]2[C@@H]3CC=C4CC5(CC[C@@H]4[C@H]3[C@@H](c3ccc(OC)cc3)C[C@@]21C)OCCO5.